The van der Waals surface area contributed by atoms with Crippen LogP contribution in [0.4, 0.5) is 0 Å². The van der Waals surface area contributed by atoms with E-state index in [9.17, 15) is 9.59 Å². The normalized spacial score (nSPS) is 25.4. The summed E-state index contributed by atoms with van der Waals surface area (Å²) in [6.07, 6.45) is 7.28. The molecule has 8 nitrogen and oxygen atoms in total. The zero-order valence-corrected chi connectivity index (χ0v) is 27.1. The molecule has 1 aromatic rings. The quantitative estimate of drug-likeness (QED) is 0.152. The molecule has 1 heterocycles. The molecule has 8 heteroatoms. The highest BCUT2D eigenvalue weighted by atomic mass is 16.7. The molecule has 0 bridgehead atoms. The number of benzene rings is 1. The monoisotopic (exact) mass is 591 g/mol. The van der Waals surface area contributed by atoms with Crippen LogP contribution >= 0.6 is 0 Å². The molecule has 0 radical (unpaired) electrons. The summed E-state index contributed by atoms with van der Waals surface area (Å²) >= 11 is 0. The number of rotatable bonds is 13. The summed E-state index contributed by atoms with van der Waals surface area (Å²) in [5.41, 5.74) is 1.40. The van der Waals surface area contributed by atoms with Crippen LogP contribution in [-0.2, 0) is 39.7 Å². The minimum atomic E-state index is -0.707. The van der Waals surface area contributed by atoms with Crippen molar-refractivity contribution in [1.29, 1.82) is 0 Å². The van der Waals surface area contributed by atoms with Crippen molar-refractivity contribution in [3.8, 4) is 0 Å². The summed E-state index contributed by atoms with van der Waals surface area (Å²) < 4.78 is 28.5. The lowest BCUT2D eigenvalue weighted by Crippen LogP contribution is -2.38. The predicted octanol–water partition coefficient (Wildman–Crippen LogP) is 6.20. The van der Waals surface area contributed by atoms with Crippen molar-refractivity contribution in [3.05, 3.63) is 35.9 Å². The van der Waals surface area contributed by atoms with Crippen molar-refractivity contribution in [2.45, 2.75) is 116 Å². The predicted molar refractivity (Wildman–Crippen MR) is 165 cm³/mol. The molecule has 240 valence electrons. The van der Waals surface area contributed by atoms with Gasteiger partial charge >= 0.3 is 11.9 Å². The number of carbonyl (C=O) groups is 2. The largest absolute Gasteiger partial charge is 0.463 e. The lowest BCUT2D eigenvalue weighted by molar-refractivity contribution is -0.166. The maximum atomic E-state index is 13.0. The highest BCUT2D eigenvalue weighted by Gasteiger charge is 2.32. The van der Waals surface area contributed by atoms with Gasteiger partial charge in [-0.3, -0.25) is 9.59 Å². The van der Waals surface area contributed by atoms with E-state index in [2.05, 4.69) is 42.2 Å². The molecule has 1 aromatic carbocycles. The van der Waals surface area contributed by atoms with Crippen LogP contribution in [0, 0.1) is 11.8 Å². The maximum absolute atomic E-state index is 13.0. The zero-order valence-electron chi connectivity index (χ0n) is 27.1. The Hall–Kier alpha value is -2.00. The van der Waals surface area contributed by atoms with Gasteiger partial charge in [0.15, 0.2) is 6.29 Å². The van der Waals surface area contributed by atoms with Crippen LogP contribution in [0.2, 0.25) is 0 Å². The lowest BCUT2D eigenvalue weighted by Gasteiger charge is -2.31. The van der Waals surface area contributed by atoms with Crippen LogP contribution in [0.25, 0.3) is 0 Å². The Morgan fingerprint density at radius 3 is 2.36 bits per heavy atom. The average molecular weight is 592 g/mol. The fourth-order valence-electron chi connectivity index (χ4n) is 5.85. The van der Waals surface area contributed by atoms with Gasteiger partial charge in [0.2, 0.25) is 0 Å². The van der Waals surface area contributed by atoms with Gasteiger partial charge in [-0.1, -0.05) is 50.6 Å². The number of esters is 2. The summed E-state index contributed by atoms with van der Waals surface area (Å²) in [6, 6.07) is 10.7. The summed E-state index contributed by atoms with van der Waals surface area (Å²) in [4.78, 5) is 27.8. The molecule has 1 saturated heterocycles. The lowest BCUT2D eigenvalue weighted by atomic mass is 9.85. The van der Waals surface area contributed by atoms with Crippen molar-refractivity contribution in [1.82, 2.24) is 4.90 Å². The fraction of sp³-hybridized carbons (Fsp3) is 0.765. The van der Waals surface area contributed by atoms with E-state index in [0.717, 1.165) is 51.7 Å². The topological polar surface area (TPSA) is 83.5 Å². The summed E-state index contributed by atoms with van der Waals surface area (Å²) in [6.45, 7) is 8.94. The third-order valence-corrected chi connectivity index (χ3v) is 8.41. The Bertz CT molecular complexity index is 863. The van der Waals surface area contributed by atoms with Crippen LogP contribution in [-0.4, -0.2) is 82.4 Å². The van der Waals surface area contributed by atoms with Crippen LogP contribution in [0.15, 0.2) is 30.3 Å². The molecule has 1 fully saturated rings. The van der Waals surface area contributed by atoms with Crippen molar-refractivity contribution in [3.63, 3.8) is 0 Å². The van der Waals surface area contributed by atoms with Gasteiger partial charge < -0.3 is 28.6 Å². The third-order valence-electron chi connectivity index (χ3n) is 8.41. The van der Waals surface area contributed by atoms with Gasteiger partial charge in [0.05, 0.1) is 12.5 Å². The first-order chi connectivity index (χ1) is 20.3. The molecule has 1 aliphatic rings. The zero-order chi connectivity index (χ0) is 30.7. The van der Waals surface area contributed by atoms with Gasteiger partial charge in [0.25, 0.3) is 0 Å². The first kappa shape index (κ1) is 36.2. The van der Waals surface area contributed by atoms with Gasteiger partial charge in [-0.25, -0.2) is 0 Å². The van der Waals surface area contributed by atoms with E-state index in [4.69, 9.17) is 23.7 Å². The molecule has 1 aliphatic heterocycles. The van der Waals surface area contributed by atoms with Gasteiger partial charge in [-0.2, -0.15) is 0 Å². The minimum Gasteiger partial charge on any atom is -0.463 e. The highest BCUT2D eigenvalue weighted by molar-refractivity contribution is 5.72. The Labute approximate surface area is 254 Å². The molecule has 0 saturated carbocycles. The molecular weight excluding hydrogens is 534 g/mol. The second-order valence-corrected chi connectivity index (χ2v) is 12.0. The number of cyclic esters (lactones) is 1. The number of unbranched alkanes of at least 4 members (excludes halogenated alkanes) is 2. The number of ether oxygens (including phenoxy) is 5. The molecule has 5 atom stereocenters. The SMILES string of the molecule is CCC(=O)OC1CC(=O)OC(C)CCN(CCCCCc2ccccc2)CCC(C)CC(CC(OC)OC)CC1OC. The summed E-state index contributed by atoms with van der Waals surface area (Å²) in [7, 11) is 4.92. The summed E-state index contributed by atoms with van der Waals surface area (Å²) in [5.74, 6) is -0.0436. The number of methoxy groups -OCH3 is 3. The van der Waals surface area contributed by atoms with Crippen LogP contribution in [0.5, 0.6) is 0 Å². The number of hydrogen-bond acceptors (Lipinski definition) is 8. The van der Waals surface area contributed by atoms with Crippen molar-refractivity contribution < 1.29 is 33.3 Å². The number of aryl methyl sites for hydroxylation is 1. The van der Waals surface area contributed by atoms with Crippen LogP contribution < -0.4 is 0 Å². The van der Waals surface area contributed by atoms with Gasteiger partial charge in [-0.05, 0) is 82.4 Å². The van der Waals surface area contributed by atoms with Crippen molar-refractivity contribution >= 4 is 11.9 Å². The van der Waals surface area contributed by atoms with E-state index in [1.807, 2.05) is 6.92 Å². The second kappa shape index (κ2) is 20.8. The summed E-state index contributed by atoms with van der Waals surface area (Å²) in [5, 5.41) is 0. The fourth-order valence-corrected chi connectivity index (χ4v) is 5.85. The smallest absolute Gasteiger partial charge is 0.309 e. The Kier molecular flexibility index (Phi) is 17.9. The standard InChI is InChI=1S/C34H57NO7/c1-7-32(36)42-31-25-33(37)41-27(3)18-21-35(19-13-9-12-16-28-14-10-8-11-15-28)20-17-26(2)22-29(23-30(31)38-4)24-34(39-5)40-6/h8,10-11,14-15,26-27,29-31,34H,7,9,12-13,16-25H2,1-6H3. The molecule has 0 amide bonds. The second-order valence-electron chi connectivity index (χ2n) is 12.0. The number of carbonyl (C=O) groups excluding carboxylic acids is 2. The van der Waals surface area contributed by atoms with E-state index in [-0.39, 0.29) is 43.1 Å². The van der Waals surface area contributed by atoms with Gasteiger partial charge in [0, 0.05) is 40.7 Å². The molecule has 42 heavy (non-hydrogen) atoms. The van der Waals surface area contributed by atoms with Crippen molar-refractivity contribution in [2.75, 3.05) is 41.0 Å². The average Bonchev–Trinajstić information content (AvgIpc) is 2.98. The highest BCUT2D eigenvalue weighted by Crippen LogP contribution is 2.29. The molecule has 0 aromatic heterocycles. The van der Waals surface area contributed by atoms with E-state index >= 15 is 0 Å². The first-order valence-corrected chi connectivity index (χ1v) is 16.0. The van der Waals surface area contributed by atoms with Gasteiger partial charge in [-0.15, -0.1) is 0 Å². The van der Waals surface area contributed by atoms with Crippen LogP contribution in [0.3, 0.4) is 0 Å². The van der Waals surface area contributed by atoms with Crippen LogP contribution in [0.1, 0.15) is 90.5 Å². The molecule has 0 spiro atoms. The molecule has 2 rings (SSSR count). The van der Waals surface area contributed by atoms with E-state index < -0.39 is 12.2 Å². The third kappa shape index (κ3) is 14.5. The van der Waals surface area contributed by atoms with Crippen molar-refractivity contribution in [2.24, 2.45) is 11.8 Å². The Balaban J connectivity index is 2.12. The van der Waals surface area contributed by atoms with E-state index in [1.165, 1.54) is 18.4 Å². The van der Waals surface area contributed by atoms with E-state index in [1.54, 1.807) is 28.3 Å². The van der Waals surface area contributed by atoms with Gasteiger partial charge in [0.1, 0.15) is 12.2 Å². The maximum Gasteiger partial charge on any atom is 0.309 e. The Morgan fingerprint density at radius 2 is 1.69 bits per heavy atom. The van der Waals surface area contributed by atoms with E-state index in [0.29, 0.717) is 18.8 Å². The molecule has 5 unspecified atom stereocenters. The molecule has 0 aliphatic carbocycles. The number of nitrogens with zero attached hydrogens (tertiary/aromatic N) is 1. The first-order valence-electron chi connectivity index (χ1n) is 16.0. The molecular formula is C34H57NO7. The number of hydrogen-bond donors (Lipinski definition) is 0. The molecule has 0 N–H and O–H groups in total. The minimum absolute atomic E-state index is 0.0278. The Morgan fingerprint density at radius 1 is 0.976 bits per heavy atom.